The highest BCUT2D eigenvalue weighted by Gasteiger charge is 2.50. The van der Waals surface area contributed by atoms with Crippen molar-refractivity contribution in [3.8, 4) is 0 Å². The number of alkyl halides is 3. The van der Waals surface area contributed by atoms with Crippen molar-refractivity contribution < 1.29 is 67.7 Å². The molecule has 6 atom stereocenters. The highest BCUT2D eigenvalue weighted by Crippen LogP contribution is 2.27. The third-order valence-electron chi connectivity index (χ3n) is 4.35. The minimum absolute atomic E-state index is 0.402. The Morgan fingerprint density at radius 1 is 0.968 bits per heavy atom. The number of hydrogen-bond donors (Lipinski definition) is 7. The third-order valence-corrected chi connectivity index (χ3v) is 4.35. The van der Waals surface area contributed by atoms with Crippen LogP contribution >= 0.6 is 0 Å². The van der Waals surface area contributed by atoms with Gasteiger partial charge < -0.3 is 45.6 Å². The highest BCUT2D eigenvalue weighted by atomic mass is 19.4. The maximum absolute atomic E-state index is 13.0. The Morgan fingerprint density at radius 2 is 1.52 bits per heavy atom. The second-order valence-electron chi connectivity index (χ2n) is 6.55. The molecule has 0 radical (unpaired) electrons. The van der Waals surface area contributed by atoms with Gasteiger partial charge in [-0.2, -0.15) is 13.2 Å². The van der Waals surface area contributed by atoms with Crippen LogP contribution in [-0.2, 0) is 23.9 Å². The number of aliphatic hydroxyl groups excluding tert-OH is 4. The summed E-state index contributed by atoms with van der Waals surface area (Å²) in [4.78, 5) is 45.4. The molecule has 13 nitrogen and oxygen atoms in total. The molecule has 7 N–H and O–H groups in total. The van der Waals surface area contributed by atoms with Gasteiger partial charge in [0.15, 0.2) is 0 Å². The summed E-state index contributed by atoms with van der Waals surface area (Å²) in [5, 5.41) is 58.0. The van der Waals surface area contributed by atoms with Crippen molar-refractivity contribution in [3.63, 3.8) is 0 Å². The Kier molecular flexibility index (Phi) is 9.12. The monoisotopic (exact) mass is 462 g/mol. The van der Waals surface area contributed by atoms with Gasteiger partial charge in [-0.05, 0) is 0 Å². The van der Waals surface area contributed by atoms with Gasteiger partial charge in [-0.3, -0.25) is 19.2 Å². The Balaban J connectivity index is 3.30. The van der Waals surface area contributed by atoms with Crippen LogP contribution in [0.1, 0.15) is 6.42 Å². The maximum atomic E-state index is 13.0. The first-order valence-corrected chi connectivity index (χ1v) is 8.60. The zero-order chi connectivity index (χ0) is 24.1. The lowest BCUT2D eigenvalue weighted by Gasteiger charge is -2.42. The molecule has 1 fully saturated rings. The lowest BCUT2D eigenvalue weighted by Crippen LogP contribution is -2.62. The molecule has 1 aliphatic heterocycles. The molecule has 1 saturated heterocycles. The second-order valence-corrected chi connectivity index (χ2v) is 6.55. The largest absolute Gasteiger partial charge is 0.480 e. The van der Waals surface area contributed by atoms with E-state index < -0.39 is 97.5 Å². The Hall–Kier alpha value is -2.53. The van der Waals surface area contributed by atoms with Crippen LogP contribution in [0, 0.1) is 0 Å². The highest BCUT2D eigenvalue weighted by molar-refractivity contribution is 5.93. The van der Waals surface area contributed by atoms with Gasteiger partial charge in [0.05, 0.1) is 12.7 Å². The number of carboxylic acids is 2. The summed E-state index contributed by atoms with van der Waals surface area (Å²) in [5.41, 5.74) is 0. The van der Waals surface area contributed by atoms with Crippen molar-refractivity contribution in [2.24, 2.45) is 0 Å². The molecule has 0 aliphatic carbocycles. The Labute approximate surface area is 171 Å². The lowest BCUT2D eigenvalue weighted by molar-refractivity contribution is -0.233. The van der Waals surface area contributed by atoms with Crippen molar-refractivity contribution >= 4 is 23.8 Å². The summed E-state index contributed by atoms with van der Waals surface area (Å²) in [7, 11) is 0. The standard InChI is InChI=1S/C15H21F3N2O11/c16-15(17,18)14(30)20(3-9(24)25)5(13(29)19-2-8(22)23)1-6-10(26)12(28)11(27)7(4-21)31-6/h5-7,10-12,21,26-28H,1-4H2,(H,19,29)(H,22,23)(H,24,25). The molecule has 0 bridgehead atoms. The van der Waals surface area contributed by atoms with E-state index >= 15 is 0 Å². The zero-order valence-electron chi connectivity index (χ0n) is 15.6. The summed E-state index contributed by atoms with van der Waals surface area (Å²) in [6, 6.07) is -2.31. The van der Waals surface area contributed by atoms with Crippen LogP contribution < -0.4 is 5.32 Å². The number of carbonyl (C=O) groups excluding carboxylic acids is 2. The summed E-state index contributed by atoms with van der Waals surface area (Å²) in [6.45, 7) is -3.62. The average Bonchev–Trinajstić information content (AvgIpc) is 2.66. The van der Waals surface area contributed by atoms with Gasteiger partial charge in [-0.25, -0.2) is 0 Å². The van der Waals surface area contributed by atoms with E-state index in [9.17, 15) is 52.8 Å². The lowest BCUT2D eigenvalue weighted by atomic mass is 9.91. The van der Waals surface area contributed by atoms with Gasteiger partial charge in [0.2, 0.25) is 5.91 Å². The molecule has 0 saturated carbocycles. The van der Waals surface area contributed by atoms with E-state index in [0.29, 0.717) is 0 Å². The number of ether oxygens (including phenoxy) is 1. The molecule has 0 aromatic heterocycles. The van der Waals surface area contributed by atoms with Crippen LogP contribution in [0.3, 0.4) is 0 Å². The number of aliphatic carboxylic acids is 2. The van der Waals surface area contributed by atoms with Crippen LogP contribution in [0.25, 0.3) is 0 Å². The smallest absolute Gasteiger partial charge is 0.471 e. The van der Waals surface area contributed by atoms with E-state index in [1.165, 1.54) is 0 Å². The van der Waals surface area contributed by atoms with E-state index in [1.807, 2.05) is 0 Å². The molecule has 0 aromatic rings. The molecule has 16 heteroatoms. The van der Waals surface area contributed by atoms with Crippen molar-refractivity contribution in [2.75, 3.05) is 19.7 Å². The van der Waals surface area contributed by atoms with E-state index in [-0.39, 0.29) is 0 Å². The number of nitrogens with zero attached hydrogens (tertiary/aromatic N) is 1. The number of carboxylic acid groups (broad SMARTS) is 2. The van der Waals surface area contributed by atoms with Crippen molar-refractivity contribution in [2.45, 2.75) is 49.2 Å². The number of amides is 2. The van der Waals surface area contributed by atoms with E-state index in [0.717, 1.165) is 0 Å². The first-order chi connectivity index (χ1) is 14.2. The molecule has 1 aliphatic rings. The molecule has 6 unspecified atom stereocenters. The SMILES string of the molecule is O=C(O)CNC(=O)C(CC1OC(CO)C(O)C(O)C1O)N(CC(=O)O)C(=O)C(F)(F)F. The van der Waals surface area contributed by atoms with Crippen molar-refractivity contribution in [3.05, 3.63) is 0 Å². The van der Waals surface area contributed by atoms with Gasteiger partial charge in [0.25, 0.3) is 0 Å². The van der Waals surface area contributed by atoms with Gasteiger partial charge >= 0.3 is 24.0 Å². The number of carbonyl (C=O) groups is 4. The number of aliphatic hydroxyl groups is 4. The normalized spacial score (nSPS) is 27.3. The summed E-state index contributed by atoms with van der Waals surface area (Å²) < 4.78 is 44.0. The predicted molar refractivity (Wildman–Crippen MR) is 88.2 cm³/mol. The number of hydrogen-bond acceptors (Lipinski definition) is 9. The Morgan fingerprint density at radius 3 is 1.97 bits per heavy atom. The summed E-state index contributed by atoms with van der Waals surface area (Å²) >= 11 is 0. The number of rotatable bonds is 9. The van der Waals surface area contributed by atoms with E-state index in [1.54, 1.807) is 5.32 Å². The van der Waals surface area contributed by atoms with Crippen LogP contribution in [0.4, 0.5) is 13.2 Å². The van der Waals surface area contributed by atoms with Crippen LogP contribution in [0.2, 0.25) is 0 Å². The third kappa shape index (κ3) is 7.00. The predicted octanol–water partition coefficient (Wildman–Crippen LogP) is -3.74. The van der Waals surface area contributed by atoms with Crippen LogP contribution in [0.5, 0.6) is 0 Å². The molecule has 178 valence electrons. The zero-order valence-corrected chi connectivity index (χ0v) is 15.6. The average molecular weight is 462 g/mol. The molecule has 2 amide bonds. The maximum Gasteiger partial charge on any atom is 0.471 e. The van der Waals surface area contributed by atoms with Gasteiger partial charge in [-0.1, -0.05) is 0 Å². The van der Waals surface area contributed by atoms with E-state index in [2.05, 4.69) is 0 Å². The molecule has 31 heavy (non-hydrogen) atoms. The number of nitrogens with one attached hydrogen (secondary N) is 1. The fourth-order valence-electron chi connectivity index (χ4n) is 2.88. The molecular formula is C15H21F3N2O11. The molecule has 0 spiro atoms. The Bertz CT molecular complexity index is 688. The summed E-state index contributed by atoms with van der Waals surface area (Å²) in [6.07, 6.45) is -15.7. The quantitative estimate of drug-likeness (QED) is 0.177. The van der Waals surface area contributed by atoms with Crippen molar-refractivity contribution in [1.82, 2.24) is 10.2 Å². The first kappa shape index (κ1) is 26.5. The number of halogens is 3. The molecule has 1 heterocycles. The molecular weight excluding hydrogens is 441 g/mol. The van der Waals surface area contributed by atoms with Crippen molar-refractivity contribution in [1.29, 1.82) is 0 Å². The van der Waals surface area contributed by atoms with Gasteiger partial charge in [0, 0.05) is 6.42 Å². The second kappa shape index (κ2) is 10.7. The van der Waals surface area contributed by atoms with Crippen LogP contribution in [-0.4, -0.2) is 122 Å². The van der Waals surface area contributed by atoms with Crippen LogP contribution in [0.15, 0.2) is 0 Å². The fourth-order valence-corrected chi connectivity index (χ4v) is 2.88. The van der Waals surface area contributed by atoms with E-state index in [4.69, 9.17) is 14.9 Å². The van der Waals surface area contributed by atoms with Gasteiger partial charge in [-0.15, -0.1) is 0 Å². The minimum atomic E-state index is -5.61. The molecule has 1 rings (SSSR count). The summed E-state index contributed by atoms with van der Waals surface area (Å²) in [5.74, 6) is -7.80. The van der Waals surface area contributed by atoms with Gasteiger partial charge in [0.1, 0.15) is 43.5 Å². The molecule has 0 aromatic carbocycles. The fraction of sp³-hybridized carbons (Fsp3) is 0.733. The first-order valence-electron chi connectivity index (χ1n) is 8.60. The topological polar surface area (TPSA) is 214 Å². The minimum Gasteiger partial charge on any atom is -0.480 e.